The standard InChI is InChI=1S/C24H36N4O2S/c1-4-27(5-2)12-7-11-25-24(31)28(17-21-8-6-13-30-21)16-20-15-19-10-9-18(3)14-22(19)26-23(20)29/h9-10,14-15,21H,4-8,11-13,16-17H2,1-3H3,(H,25,31)(H,26,29)/t21-/m0/s1. The number of benzene rings is 1. The van der Waals surface area contributed by atoms with Gasteiger partial charge in [0.1, 0.15) is 0 Å². The third-order valence-electron chi connectivity index (χ3n) is 6.00. The molecule has 1 saturated heterocycles. The molecule has 31 heavy (non-hydrogen) atoms. The first-order chi connectivity index (χ1) is 15.0. The third-order valence-corrected chi connectivity index (χ3v) is 6.40. The summed E-state index contributed by atoms with van der Waals surface area (Å²) in [6.45, 7) is 12.4. The Hall–Kier alpha value is -1.96. The van der Waals surface area contributed by atoms with Crippen molar-refractivity contribution in [1.82, 2.24) is 20.1 Å². The molecule has 1 atom stereocenters. The summed E-state index contributed by atoms with van der Waals surface area (Å²) in [4.78, 5) is 20.3. The summed E-state index contributed by atoms with van der Waals surface area (Å²) in [5, 5.41) is 5.14. The van der Waals surface area contributed by atoms with Crippen molar-refractivity contribution >= 4 is 28.2 Å². The van der Waals surface area contributed by atoms with E-state index in [-0.39, 0.29) is 11.7 Å². The fourth-order valence-corrected chi connectivity index (χ4v) is 4.33. The number of aromatic amines is 1. The molecule has 1 aliphatic heterocycles. The van der Waals surface area contributed by atoms with E-state index in [0.717, 1.165) is 74.1 Å². The first-order valence-electron chi connectivity index (χ1n) is 11.5. The Morgan fingerprint density at radius 2 is 2.10 bits per heavy atom. The Kier molecular flexibility index (Phi) is 8.87. The average Bonchev–Trinajstić information content (AvgIpc) is 3.27. The van der Waals surface area contributed by atoms with Gasteiger partial charge in [-0.3, -0.25) is 4.79 Å². The molecule has 0 radical (unpaired) electrons. The zero-order valence-electron chi connectivity index (χ0n) is 19.1. The minimum Gasteiger partial charge on any atom is -0.376 e. The van der Waals surface area contributed by atoms with Crippen LogP contribution < -0.4 is 10.9 Å². The molecule has 0 unspecified atom stereocenters. The van der Waals surface area contributed by atoms with Gasteiger partial charge in [0.15, 0.2) is 5.11 Å². The van der Waals surface area contributed by atoms with E-state index in [1.807, 2.05) is 19.1 Å². The van der Waals surface area contributed by atoms with Crippen molar-refractivity contribution < 1.29 is 4.74 Å². The molecule has 0 saturated carbocycles. The van der Waals surface area contributed by atoms with Crippen LogP contribution >= 0.6 is 12.2 Å². The first kappa shape index (κ1) is 23.7. The van der Waals surface area contributed by atoms with Crippen LogP contribution in [0, 0.1) is 6.92 Å². The first-order valence-corrected chi connectivity index (χ1v) is 11.9. The lowest BCUT2D eigenvalue weighted by Gasteiger charge is -2.28. The largest absolute Gasteiger partial charge is 0.376 e. The maximum atomic E-state index is 12.8. The van der Waals surface area contributed by atoms with Gasteiger partial charge in [0.05, 0.1) is 12.6 Å². The summed E-state index contributed by atoms with van der Waals surface area (Å²) in [6.07, 6.45) is 3.32. The maximum Gasteiger partial charge on any atom is 0.253 e. The molecule has 2 aromatic rings. The Morgan fingerprint density at radius 3 is 2.81 bits per heavy atom. The Morgan fingerprint density at radius 1 is 1.29 bits per heavy atom. The predicted molar refractivity (Wildman–Crippen MR) is 132 cm³/mol. The number of hydrogen-bond acceptors (Lipinski definition) is 4. The summed E-state index contributed by atoms with van der Waals surface area (Å²) < 4.78 is 5.85. The number of ether oxygens (including phenoxy) is 1. The van der Waals surface area contributed by atoms with E-state index in [1.54, 1.807) is 0 Å². The van der Waals surface area contributed by atoms with Crippen molar-refractivity contribution in [2.75, 3.05) is 39.3 Å². The van der Waals surface area contributed by atoms with Crippen molar-refractivity contribution in [2.24, 2.45) is 0 Å². The molecule has 3 rings (SSSR count). The number of aryl methyl sites for hydroxylation is 1. The van der Waals surface area contributed by atoms with E-state index in [4.69, 9.17) is 17.0 Å². The topological polar surface area (TPSA) is 60.6 Å². The molecule has 7 heteroatoms. The van der Waals surface area contributed by atoms with Gasteiger partial charge in [-0.1, -0.05) is 26.0 Å². The van der Waals surface area contributed by atoms with Crippen LogP contribution in [0.3, 0.4) is 0 Å². The fraction of sp³-hybridized carbons (Fsp3) is 0.583. The lowest BCUT2D eigenvalue weighted by molar-refractivity contribution is 0.0896. The molecule has 6 nitrogen and oxygen atoms in total. The SMILES string of the molecule is CCN(CC)CCCNC(=S)N(Cc1cc2ccc(C)cc2[nH]c1=O)C[C@@H]1CCCO1. The Bertz CT molecular complexity index is 919. The van der Waals surface area contributed by atoms with Crippen LogP contribution in [0.15, 0.2) is 29.1 Å². The van der Waals surface area contributed by atoms with E-state index < -0.39 is 0 Å². The van der Waals surface area contributed by atoms with Crippen LogP contribution in [-0.4, -0.2) is 65.3 Å². The normalized spacial score (nSPS) is 16.2. The molecule has 2 heterocycles. The molecular weight excluding hydrogens is 408 g/mol. The van der Waals surface area contributed by atoms with Gasteiger partial charge in [0.2, 0.25) is 0 Å². The monoisotopic (exact) mass is 444 g/mol. The Balaban J connectivity index is 1.69. The van der Waals surface area contributed by atoms with E-state index in [1.165, 1.54) is 0 Å². The summed E-state index contributed by atoms with van der Waals surface area (Å²) >= 11 is 5.73. The minimum absolute atomic E-state index is 0.0558. The highest BCUT2D eigenvalue weighted by Gasteiger charge is 2.22. The number of thiocarbonyl (C=S) groups is 1. The molecule has 0 bridgehead atoms. The van der Waals surface area contributed by atoms with Crippen LogP contribution in [0.2, 0.25) is 0 Å². The van der Waals surface area contributed by atoms with E-state index in [0.29, 0.717) is 18.2 Å². The molecule has 1 fully saturated rings. The highest BCUT2D eigenvalue weighted by Crippen LogP contribution is 2.17. The smallest absolute Gasteiger partial charge is 0.253 e. The number of H-pyrrole nitrogens is 1. The molecule has 1 aromatic carbocycles. The van der Waals surface area contributed by atoms with Gasteiger partial charge in [-0.25, -0.2) is 0 Å². The zero-order chi connectivity index (χ0) is 22.2. The fourth-order valence-electron chi connectivity index (χ4n) is 4.09. The van der Waals surface area contributed by atoms with Crippen molar-refractivity contribution in [1.29, 1.82) is 0 Å². The van der Waals surface area contributed by atoms with Crippen LogP contribution in [-0.2, 0) is 11.3 Å². The molecule has 0 spiro atoms. The van der Waals surface area contributed by atoms with Crippen molar-refractivity contribution in [3.05, 3.63) is 45.7 Å². The number of nitrogens with zero attached hydrogens (tertiary/aromatic N) is 2. The molecule has 0 amide bonds. The van der Waals surface area contributed by atoms with E-state index in [9.17, 15) is 4.79 Å². The second-order valence-electron chi connectivity index (χ2n) is 8.34. The van der Waals surface area contributed by atoms with Crippen LogP contribution in [0.1, 0.15) is 44.2 Å². The van der Waals surface area contributed by atoms with Crippen molar-refractivity contribution in [2.45, 2.75) is 52.7 Å². The van der Waals surface area contributed by atoms with Crippen molar-refractivity contribution in [3.63, 3.8) is 0 Å². The molecule has 2 N–H and O–H groups in total. The van der Waals surface area contributed by atoms with Gasteiger partial charge in [0, 0.05) is 30.8 Å². The average molecular weight is 445 g/mol. The number of rotatable bonds is 10. The van der Waals surface area contributed by atoms with Gasteiger partial charge >= 0.3 is 0 Å². The summed E-state index contributed by atoms with van der Waals surface area (Å²) in [5.41, 5.74) is 2.67. The van der Waals surface area contributed by atoms with Gasteiger partial charge < -0.3 is 24.8 Å². The van der Waals surface area contributed by atoms with Crippen LogP contribution in [0.25, 0.3) is 10.9 Å². The number of fused-ring (bicyclic) bond motifs is 1. The molecular formula is C24H36N4O2S. The molecule has 0 aliphatic carbocycles. The van der Waals surface area contributed by atoms with Gasteiger partial charge in [0.25, 0.3) is 5.56 Å². The minimum atomic E-state index is -0.0558. The highest BCUT2D eigenvalue weighted by molar-refractivity contribution is 7.80. The highest BCUT2D eigenvalue weighted by atomic mass is 32.1. The predicted octanol–water partition coefficient (Wildman–Crippen LogP) is 3.42. The zero-order valence-corrected chi connectivity index (χ0v) is 19.9. The Labute approximate surface area is 191 Å². The second-order valence-corrected chi connectivity index (χ2v) is 8.73. The van der Waals surface area contributed by atoms with Gasteiger partial charge in [-0.2, -0.15) is 0 Å². The second kappa shape index (κ2) is 11.6. The number of nitrogens with one attached hydrogen (secondary N) is 2. The number of hydrogen-bond donors (Lipinski definition) is 2. The molecule has 170 valence electrons. The van der Waals surface area contributed by atoms with Gasteiger partial charge in [-0.05, 0) is 81.1 Å². The molecule has 1 aliphatic rings. The van der Waals surface area contributed by atoms with Crippen molar-refractivity contribution in [3.8, 4) is 0 Å². The van der Waals surface area contributed by atoms with Crippen LogP contribution in [0.5, 0.6) is 0 Å². The van der Waals surface area contributed by atoms with E-state index in [2.05, 4.69) is 46.1 Å². The van der Waals surface area contributed by atoms with Crippen LogP contribution in [0.4, 0.5) is 0 Å². The summed E-state index contributed by atoms with van der Waals surface area (Å²) in [7, 11) is 0. The lowest BCUT2D eigenvalue weighted by atomic mass is 10.1. The lowest BCUT2D eigenvalue weighted by Crippen LogP contribution is -2.44. The third kappa shape index (κ3) is 6.76. The molecule has 1 aromatic heterocycles. The summed E-state index contributed by atoms with van der Waals surface area (Å²) in [6, 6.07) is 8.11. The summed E-state index contributed by atoms with van der Waals surface area (Å²) in [5.74, 6) is 0. The number of pyridine rings is 1. The quantitative estimate of drug-likeness (QED) is 0.433. The maximum absolute atomic E-state index is 12.8. The van der Waals surface area contributed by atoms with Gasteiger partial charge in [-0.15, -0.1) is 0 Å². The van der Waals surface area contributed by atoms with E-state index >= 15 is 0 Å². The number of aromatic nitrogens is 1.